The molecule has 0 aromatic carbocycles. The lowest BCUT2D eigenvalue weighted by atomic mass is 9.75. The van der Waals surface area contributed by atoms with Crippen molar-refractivity contribution in [2.45, 2.75) is 51.5 Å². The first-order chi connectivity index (χ1) is 8.89. The summed E-state index contributed by atoms with van der Waals surface area (Å²) in [4.78, 5) is 34.4. The molecule has 0 bridgehead atoms. The Morgan fingerprint density at radius 1 is 1.26 bits per heavy atom. The van der Waals surface area contributed by atoms with E-state index in [9.17, 15) is 14.4 Å². The van der Waals surface area contributed by atoms with Crippen LogP contribution in [0.3, 0.4) is 0 Å². The second-order valence-corrected chi connectivity index (χ2v) is 5.27. The van der Waals surface area contributed by atoms with Gasteiger partial charge >= 0.3 is 11.9 Å². The summed E-state index contributed by atoms with van der Waals surface area (Å²) < 4.78 is 4.52. The average Bonchev–Trinajstić information content (AvgIpc) is 2.37. The van der Waals surface area contributed by atoms with E-state index >= 15 is 0 Å². The number of aliphatic carboxylic acids is 1. The van der Waals surface area contributed by atoms with Gasteiger partial charge in [0, 0.05) is 5.41 Å². The fourth-order valence-corrected chi connectivity index (χ4v) is 2.40. The molecule has 1 rings (SSSR count). The average molecular weight is 271 g/mol. The quantitative estimate of drug-likeness (QED) is 0.730. The van der Waals surface area contributed by atoms with Crippen LogP contribution < -0.4 is 5.32 Å². The van der Waals surface area contributed by atoms with Crippen molar-refractivity contribution in [1.29, 1.82) is 0 Å². The molecule has 6 nitrogen and oxygen atoms in total. The number of esters is 1. The smallest absolute Gasteiger partial charge is 0.328 e. The summed E-state index contributed by atoms with van der Waals surface area (Å²) in [6, 6.07) is -1.12. The summed E-state index contributed by atoms with van der Waals surface area (Å²) in [5.74, 6) is -2.14. The molecular weight excluding hydrogens is 250 g/mol. The van der Waals surface area contributed by atoms with Crippen molar-refractivity contribution < 1.29 is 24.2 Å². The standard InChI is InChI=1S/C13H21NO5/c1-13(6-4-3-5-7-13)12(18)14-9(8-10(15)16)11(17)19-2/h9H,3-8H2,1-2H3,(H,14,18)(H,15,16)/t9-/m0/s1. The number of amides is 1. The molecule has 0 aromatic heterocycles. The number of ether oxygens (including phenoxy) is 1. The number of carboxylic acids is 1. The predicted octanol–water partition coefficient (Wildman–Crippen LogP) is 1.09. The molecule has 0 saturated heterocycles. The summed E-state index contributed by atoms with van der Waals surface area (Å²) >= 11 is 0. The van der Waals surface area contributed by atoms with Gasteiger partial charge in [0.25, 0.3) is 0 Å². The topological polar surface area (TPSA) is 92.7 Å². The summed E-state index contributed by atoms with van der Waals surface area (Å²) in [5.41, 5.74) is -0.511. The van der Waals surface area contributed by atoms with Gasteiger partial charge in [0.2, 0.25) is 5.91 Å². The SMILES string of the molecule is COC(=O)[C@H](CC(=O)O)NC(=O)C1(C)CCCCC1. The van der Waals surface area contributed by atoms with E-state index in [-0.39, 0.29) is 5.91 Å². The molecule has 1 aliphatic carbocycles. The molecule has 6 heteroatoms. The van der Waals surface area contributed by atoms with Crippen LogP contribution in [0.4, 0.5) is 0 Å². The molecule has 0 heterocycles. The van der Waals surface area contributed by atoms with Crippen LogP contribution in [0.25, 0.3) is 0 Å². The third-order valence-corrected chi connectivity index (χ3v) is 3.68. The Morgan fingerprint density at radius 3 is 2.32 bits per heavy atom. The fraction of sp³-hybridized carbons (Fsp3) is 0.769. The highest BCUT2D eigenvalue weighted by Crippen LogP contribution is 2.35. The van der Waals surface area contributed by atoms with Crippen molar-refractivity contribution in [2.75, 3.05) is 7.11 Å². The molecular formula is C13H21NO5. The minimum Gasteiger partial charge on any atom is -0.481 e. The number of carbonyl (C=O) groups is 3. The minimum atomic E-state index is -1.15. The Morgan fingerprint density at radius 2 is 1.84 bits per heavy atom. The van der Waals surface area contributed by atoms with Crippen LogP contribution >= 0.6 is 0 Å². The van der Waals surface area contributed by atoms with E-state index in [1.54, 1.807) is 0 Å². The van der Waals surface area contributed by atoms with Gasteiger partial charge in [0.15, 0.2) is 0 Å². The number of hydrogen-bond donors (Lipinski definition) is 2. The van der Waals surface area contributed by atoms with Gasteiger partial charge in [-0.1, -0.05) is 26.2 Å². The van der Waals surface area contributed by atoms with Crippen molar-refractivity contribution in [3.63, 3.8) is 0 Å². The molecule has 2 N–H and O–H groups in total. The fourth-order valence-electron chi connectivity index (χ4n) is 2.40. The van der Waals surface area contributed by atoms with E-state index in [4.69, 9.17) is 5.11 Å². The third kappa shape index (κ3) is 4.22. The molecule has 1 aliphatic rings. The molecule has 1 fully saturated rings. The van der Waals surface area contributed by atoms with E-state index in [0.29, 0.717) is 0 Å². The molecule has 0 aromatic rings. The summed E-state index contributed by atoms with van der Waals surface area (Å²) in [6.45, 7) is 1.86. The molecule has 0 unspecified atom stereocenters. The first-order valence-electron chi connectivity index (χ1n) is 6.49. The third-order valence-electron chi connectivity index (χ3n) is 3.68. The molecule has 1 saturated carbocycles. The molecule has 0 aliphatic heterocycles. The lowest BCUT2D eigenvalue weighted by Gasteiger charge is -2.33. The van der Waals surface area contributed by atoms with Crippen LogP contribution in [-0.2, 0) is 19.1 Å². The van der Waals surface area contributed by atoms with E-state index in [0.717, 1.165) is 32.1 Å². The molecule has 1 atom stereocenters. The lowest BCUT2D eigenvalue weighted by Crippen LogP contribution is -2.49. The van der Waals surface area contributed by atoms with Crippen LogP contribution in [0, 0.1) is 5.41 Å². The Hall–Kier alpha value is -1.59. The van der Waals surface area contributed by atoms with E-state index in [1.807, 2.05) is 6.92 Å². The highest BCUT2D eigenvalue weighted by molar-refractivity contribution is 5.90. The zero-order valence-corrected chi connectivity index (χ0v) is 11.4. The van der Waals surface area contributed by atoms with Crippen molar-refractivity contribution in [2.24, 2.45) is 5.41 Å². The van der Waals surface area contributed by atoms with Gasteiger partial charge < -0.3 is 15.2 Å². The maximum atomic E-state index is 12.2. The number of carboxylic acid groups (broad SMARTS) is 1. The zero-order chi connectivity index (χ0) is 14.5. The number of carbonyl (C=O) groups excluding carboxylic acids is 2. The second kappa shape index (κ2) is 6.54. The Balaban J connectivity index is 2.69. The van der Waals surface area contributed by atoms with E-state index in [1.165, 1.54) is 7.11 Å². The maximum Gasteiger partial charge on any atom is 0.328 e. The second-order valence-electron chi connectivity index (χ2n) is 5.27. The van der Waals surface area contributed by atoms with Crippen LogP contribution in [0.1, 0.15) is 45.4 Å². The lowest BCUT2D eigenvalue weighted by molar-refractivity contribution is -0.150. The summed E-state index contributed by atoms with van der Waals surface area (Å²) in [7, 11) is 1.17. The highest BCUT2D eigenvalue weighted by Gasteiger charge is 2.37. The Kier molecular flexibility index (Phi) is 5.32. The monoisotopic (exact) mass is 271 g/mol. The van der Waals surface area contributed by atoms with Crippen molar-refractivity contribution >= 4 is 17.8 Å². The van der Waals surface area contributed by atoms with Gasteiger partial charge in [-0.25, -0.2) is 4.79 Å². The maximum absolute atomic E-state index is 12.2. The van der Waals surface area contributed by atoms with Crippen LogP contribution in [0.2, 0.25) is 0 Å². The van der Waals surface area contributed by atoms with Crippen LogP contribution in [-0.4, -0.2) is 36.1 Å². The molecule has 108 valence electrons. The number of hydrogen-bond acceptors (Lipinski definition) is 4. The largest absolute Gasteiger partial charge is 0.481 e. The van der Waals surface area contributed by atoms with Gasteiger partial charge in [-0.2, -0.15) is 0 Å². The number of rotatable bonds is 5. The van der Waals surface area contributed by atoms with E-state index in [2.05, 4.69) is 10.1 Å². The highest BCUT2D eigenvalue weighted by atomic mass is 16.5. The van der Waals surface area contributed by atoms with Crippen LogP contribution in [0.15, 0.2) is 0 Å². The van der Waals surface area contributed by atoms with Crippen molar-refractivity contribution in [3.05, 3.63) is 0 Å². The van der Waals surface area contributed by atoms with Gasteiger partial charge in [-0.05, 0) is 12.8 Å². The minimum absolute atomic E-state index is 0.260. The normalized spacial score (nSPS) is 19.3. The molecule has 1 amide bonds. The van der Waals surface area contributed by atoms with Gasteiger partial charge in [-0.15, -0.1) is 0 Å². The number of methoxy groups -OCH3 is 1. The first-order valence-corrected chi connectivity index (χ1v) is 6.49. The molecule has 0 radical (unpaired) electrons. The van der Waals surface area contributed by atoms with Crippen molar-refractivity contribution in [1.82, 2.24) is 5.32 Å². The van der Waals surface area contributed by atoms with Gasteiger partial charge in [-0.3, -0.25) is 9.59 Å². The van der Waals surface area contributed by atoms with Gasteiger partial charge in [0.1, 0.15) is 6.04 Å². The number of nitrogens with one attached hydrogen (secondary N) is 1. The summed E-state index contributed by atoms with van der Waals surface area (Å²) in [6.07, 6.45) is 4.13. The Labute approximate surface area is 112 Å². The zero-order valence-electron chi connectivity index (χ0n) is 11.4. The predicted molar refractivity (Wildman–Crippen MR) is 67.4 cm³/mol. The van der Waals surface area contributed by atoms with Crippen LogP contribution in [0.5, 0.6) is 0 Å². The molecule has 0 spiro atoms. The van der Waals surface area contributed by atoms with Gasteiger partial charge in [0.05, 0.1) is 13.5 Å². The first kappa shape index (κ1) is 15.5. The Bertz CT molecular complexity index is 360. The molecule has 19 heavy (non-hydrogen) atoms. The van der Waals surface area contributed by atoms with E-state index < -0.39 is 29.8 Å². The summed E-state index contributed by atoms with van der Waals surface area (Å²) in [5, 5.41) is 11.3. The van der Waals surface area contributed by atoms with Crippen molar-refractivity contribution in [3.8, 4) is 0 Å².